The highest BCUT2D eigenvalue weighted by molar-refractivity contribution is 5.54. The summed E-state index contributed by atoms with van der Waals surface area (Å²) in [5.74, 6) is 0.357. The molecule has 2 atom stereocenters. The molecule has 0 spiro atoms. The van der Waals surface area contributed by atoms with Crippen LogP contribution in [0.2, 0.25) is 0 Å². The van der Waals surface area contributed by atoms with Crippen molar-refractivity contribution in [3.05, 3.63) is 23.8 Å². The molecular formula is C16H26N2O2. The van der Waals surface area contributed by atoms with E-state index in [1.807, 2.05) is 26.1 Å². The van der Waals surface area contributed by atoms with Crippen molar-refractivity contribution in [1.82, 2.24) is 5.32 Å². The summed E-state index contributed by atoms with van der Waals surface area (Å²) in [6.07, 6.45) is 2.62. The number of nitrogens with zero attached hydrogens (tertiary/aromatic N) is 1. The van der Waals surface area contributed by atoms with E-state index in [4.69, 9.17) is 4.74 Å². The molecule has 1 aliphatic rings. The Hall–Kier alpha value is -1.26. The van der Waals surface area contributed by atoms with Crippen LogP contribution >= 0.6 is 0 Å². The molecule has 4 heteroatoms. The van der Waals surface area contributed by atoms with Crippen molar-refractivity contribution in [2.45, 2.75) is 38.8 Å². The number of phenols is 1. The van der Waals surface area contributed by atoms with Gasteiger partial charge in [-0.05, 0) is 39.8 Å². The summed E-state index contributed by atoms with van der Waals surface area (Å²) < 4.78 is 5.70. The van der Waals surface area contributed by atoms with Crippen LogP contribution in [0.5, 0.6) is 5.75 Å². The number of phenolic OH excluding ortho intramolecular Hbond substituents is 1. The second kappa shape index (κ2) is 6.95. The van der Waals surface area contributed by atoms with Crippen LogP contribution in [0.4, 0.5) is 5.69 Å². The van der Waals surface area contributed by atoms with E-state index < -0.39 is 0 Å². The lowest BCUT2D eigenvalue weighted by atomic mass is 10.1. The van der Waals surface area contributed by atoms with Gasteiger partial charge in [0.15, 0.2) is 0 Å². The molecule has 1 aromatic rings. The number of nitrogens with one attached hydrogen (secondary N) is 1. The van der Waals surface area contributed by atoms with Crippen molar-refractivity contribution in [3.63, 3.8) is 0 Å². The molecule has 0 radical (unpaired) electrons. The van der Waals surface area contributed by atoms with Crippen molar-refractivity contribution < 1.29 is 9.84 Å². The minimum atomic E-state index is 0.150. The smallest absolute Gasteiger partial charge is 0.122 e. The lowest BCUT2D eigenvalue weighted by Crippen LogP contribution is -2.32. The van der Waals surface area contributed by atoms with Gasteiger partial charge >= 0.3 is 0 Å². The van der Waals surface area contributed by atoms with E-state index in [-0.39, 0.29) is 6.04 Å². The molecule has 1 saturated heterocycles. The Kier molecular flexibility index (Phi) is 5.26. The molecule has 1 aromatic carbocycles. The number of benzene rings is 1. The number of hydrogen-bond donors (Lipinski definition) is 2. The van der Waals surface area contributed by atoms with Crippen LogP contribution in [0.3, 0.4) is 0 Å². The summed E-state index contributed by atoms with van der Waals surface area (Å²) in [5, 5.41) is 13.4. The fourth-order valence-corrected chi connectivity index (χ4v) is 2.70. The molecule has 0 saturated carbocycles. The molecule has 2 rings (SSSR count). The first-order valence-corrected chi connectivity index (χ1v) is 7.52. The summed E-state index contributed by atoms with van der Waals surface area (Å²) in [6.45, 7) is 6.87. The van der Waals surface area contributed by atoms with E-state index in [1.54, 1.807) is 0 Å². The number of likely N-dealkylation sites (N-methyl/N-ethyl adjacent to an activating group) is 1. The number of aromatic hydroxyl groups is 1. The highest BCUT2D eigenvalue weighted by atomic mass is 16.5. The van der Waals surface area contributed by atoms with Gasteiger partial charge in [0.25, 0.3) is 0 Å². The summed E-state index contributed by atoms with van der Waals surface area (Å²) in [7, 11) is 1.90. The van der Waals surface area contributed by atoms with Crippen LogP contribution in [-0.4, -0.2) is 38.0 Å². The zero-order chi connectivity index (χ0) is 14.5. The molecular weight excluding hydrogens is 252 g/mol. The Balaban J connectivity index is 2.11. The van der Waals surface area contributed by atoms with Gasteiger partial charge in [0.1, 0.15) is 5.75 Å². The SMILES string of the molecule is CCN(CC1CCCO1)c1ccc(C(C)NC)c(O)c1. The average molecular weight is 278 g/mol. The van der Waals surface area contributed by atoms with E-state index in [0.29, 0.717) is 11.9 Å². The molecule has 2 unspecified atom stereocenters. The molecule has 1 fully saturated rings. The lowest BCUT2D eigenvalue weighted by Gasteiger charge is -2.27. The standard InChI is InChI=1S/C16H26N2O2/c1-4-18(11-14-6-5-9-20-14)13-7-8-15(12(2)17-3)16(19)10-13/h7-8,10,12,14,17,19H,4-6,9,11H2,1-3H3. The van der Waals surface area contributed by atoms with Crippen molar-refractivity contribution >= 4 is 5.69 Å². The molecule has 0 aromatic heterocycles. The molecule has 0 bridgehead atoms. The zero-order valence-corrected chi connectivity index (χ0v) is 12.7. The molecule has 1 aliphatic heterocycles. The number of ether oxygens (including phenoxy) is 1. The van der Waals surface area contributed by atoms with Crippen molar-refractivity contribution in [3.8, 4) is 5.75 Å². The third-order valence-corrected chi connectivity index (χ3v) is 4.11. The van der Waals surface area contributed by atoms with Crippen LogP contribution in [-0.2, 0) is 4.74 Å². The van der Waals surface area contributed by atoms with E-state index in [9.17, 15) is 5.11 Å². The van der Waals surface area contributed by atoms with Gasteiger partial charge in [-0.25, -0.2) is 0 Å². The maximum atomic E-state index is 10.2. The predicted molar refractivity (Wildman–Crippen MR) is 82.4 cm³/mol. The van der Waals surface area contributed by atoms with Crippen molar-refractivity contribution in [2.75, 3.05) is 31.6 Å². The number of hydrogen-bond acceptors (Lipinski definition) is 4. The Morgan fingerprint density at radius 2 is 2.30 bits per heavy atom. The fourth-order valence-electron chi connectivity index (χ4n) is 2.70. The largest absolute Gasteiger partial charge is 0.508 e. The quantitative estimate of drug-likeness (QED) is 0.840. The second-order valence-corrected chi connectivity index (χ2v) is 5.43. The monoisotopic (exact) mass is 278 g/mol. The summed E-state index contributed by atoms with van der Waals surface area (Å²) in [6, 6.07) is 6.10. The van der Waals surface area contributed by atoms with Crippen LogP contribution in [0.25, 0.3) is 0 Å². The van der Waals surface area contributed by atoms with Crippen LogP contribution < -0.4 is 10.2 Å². The fraction of sp³-hybridized carbons (Fsp3) is 0.625. The van der Waals surface area contributed by atoms with E-state index in [2.05, 4.69) is 23.2 Å². The Labute approximate surface area is 121 Å². The van der Waals surface area contributed by atoms with Crippen molar-refractivity contribution in [1.29, 1.82) is 0 Å². The Bertz CT molecular complexity index is 430. The van der Waals surface area contributed by atoms with E-state index in [1.165, 1.54) is 0 Å². The van der Waals surface area contributed by atoms with Crippen LogP contribution in [0, 0.1) is 0 Å². The zero-order valence-electron chi connectivity index (χ0n) is 12.7. The van der Waals surface area contributed by atoms with Crippen LogP contribution in [0.15, 0.2) is 18.2 Å². The Morgan fingerprint density at radius 1 is 1.50 bits per heavy atom. The van der Waals surface area contributed by atoms with Gasteiger partial charge in [-0.1, -0.05) is 6.07 Å². The first-order valence-electron chi connectivity index (χ1n) is 7.52. The Morgan fingerprint density at radius 3 is 2.85 bits per heavy atom. The summed E-state index contributed by atoms with van der Waals surface area (Å²) >= 11 is 0. The molecule has 4 nitrogen and oxygen atoms in total. The van der Waals surface area contributed by atoms with Crippen LogP contribution in [0.1, 0.15) is 38.3 Å². The topological polar surface area (TPSA) is 44.7 Å². The molecule has 2 N–H and O–H groups in total. The van der Waals surface area contributed by atoms with Gasteiger partial charge < -0.3 is 20.1 Å². The molecule has 0 amide bonds. The normalized spacial score (nSPS) is 20.1. The minimum absolute atomic E-state index is 0.150. The first-order chi connectivity index (χ1) is 9.65. The van der Waals surface area contributed by atoms with Gasteiger partial charge in [0, 0.05) is 43.1 Å². The van der Waals surface area contributed by atoms with Gasteiger partial charge in [-0.3, -0.25) is 0 Å². The highest BCUT2D eigenvalue weighted by Crippen LogP contribution is 2.29. The van der Waals surface area contributed by atoms with Gasteiger partial charge in [-0.15, -0.1) is 0 Å². The van der Waals surface area contributed by atoms with Gasteiger partial charge in [-0.2, -0.15) is 0 Å². The van der Waals surface area contributed by atoms with Gasteiger partial charge in [0.2, 0.25) is 0 Å². The second-order valence-electron chi connectivity index (χ2n) is 5.43. The van der Waals surface area contributed by atoms with Crippen molar-refractivity contribution in [2.24, 2.45) is 0 Å². The molecule has 20 heavy (non-hydrogen) atoms. The minimum Gasteiger partial charge on any atom is -0.508 e. The third kappa shape index (κ3) is 3.44. The summed E-state index contributed by atoms with van der Waals surface area (Å²) in [5.41, 5.74) is 2.00. The average Bonchev–Trinajstić information content (AvgIpc) is 2.96. The number of anilines is 1. The third-order valence-electron chi connectivity index (χ3n) is 4.11. The van der Waals surface area contributed by atoms with E-state index in [0.717, 1.165) is 43.8 Å². The predicted octanol–water partition coefficient (Wildman–Crippen LogP) is 2.68. The molecule has 0 aliphatic carbocycles. The first kappa shape index (κ1) is 15.1. The maximum Gasteiger partial charge on any atom is 0.122 e. The van der Waals surface area contributed by atoms with Gasteiger partial charge in [0.05, 0.1) is 6.10 Å². The maximum absolute atomic E-state index is 10.2. The van der Waals surface area contributed by atoms with E-state index >= 15 is 0 Å². The summed E-state index contributed by atoms with van der Waals surface area (Å²) in [4.78, 5) is 2.27. The lowest BCUT2D eigenvalue weighted by molar-refractivity contribution is 0.115. The molecule has 1 heterocycles. The number of rotatable bonds is 6. The highest BCUT2D eigenvalue weighted by Gasteiger charge is 2.19. The molecule has 112 valence electrons.